The van der Waals surface area contributed by atoms with Gasteiger partial charge in [-0.3, -0.25) is 10.0 Å². The highest BCUT2D eigenvalue weighted by Crippen LogP contribution is 2.27. The summed E-state index contributed by atoms with van der Waals surface area (Å²) < 4.78 is 0. The van der Waals surface area contributed by atoms with Crippen LogP contribution in [0.4, 0.5) is 5.69 Å². The Morgan fingerprint density at radius 1 is 1.21 bits per heavy atom. The van der Waals surface area contributed by atoms with E-state index in [0.717, 1.165) is 5.56 Å². The minimum Gasteiger partial charge on any atom is -0.733 e. The highest BCUT2D eigenvalue weighted by atomic mass is 16.8. The number of hydrogen-bond donors (Lipinski definition) is 1. The SMILES string of the molecule is CCN(CC)C(=O)C(C)(C)c1ccc(N([O-])O)cc1. The maximum absolute atomic E-state index is 12.5. The summed E-state index contributed by atoms with van der Waals surface area (Å²) >= 11 is 0. The molecule has 0 saturated carbocycles. The van der Waals surface area contributed by atoms with Crippen molar-refractivity contribution in [1.82, 2.24) is 4.90 Å². The number of carbonyl (C=O) groups excluding carboxylic acids is 1. The second-order valence-corrected chi connectivity index (χ2v) is 4.92. The molecule has 0 fully saturated rings. The third-order valence-electron chi connectivity index (χ3n) is 3.40. The van der Waals surface area contributed by atoms with Gasteiger partial charge in [-0.05, 0) is 45.4 Å². The monoisotopic (exact) mass is 265 g/mol. The van der Waals surface area contributed by atoms with E-state index < -0.39 is 5.41 Å². The Hall–Kier alpha value is -1.59. The van der Waals surface area contributed by atoms with Gasteiger partial charge in [0.25, 0.3) is 0 Å². The maximum Gasteiger partial charge on any atom is 0.232 e. The van der Waals surface area contributed by atoms with Crippen molar-refractivity contribution < 1.29 is 10.0 Å². The highest BCUT2D eigenvalue weighted by Gasteiger charge is 2.32. The summed E-state index contributed by atoms with van der Waals surface area (Å²) in [5.74, 6) is 0.0493. The fourth-order valence-corrected chi connectivity index (χ4v) is 2.04. The van der Waals surface area contributed by atoms with Crippen LogP contribution in [0.1, 0.15) is 33.3 Å². The summed E-state index contributed by atoms with van der Waals surface area (Å²) in [5, 5.41) is 19.3. The molecule has 1 aromatic rings. The van der Waals surface area contributed by atoms with Crippen LogP contribution < -0.4 is 5.23 Å². The third-order valence-corrected chi connectivity index (χ3v) is 3.40. The minimum absolute atomic E-state index is 0.0493. The number of hydrogen-bond acceptors (Lipinski definition) is 4. The quantitative estimate of drug-likeness (QED) is 0.831. The van der Waals surface area contributed by atoms with Crippen molar-refractivity contribution in [3.63, 3.8) is 0 Å². The standard InChI is InChI=1S/C14H21N2O3/c1-5-15(6-2)13(17)14(3,4)11-7-9-12(10-8-11)16(18)19/h7-10,18H,5-6H2,1-4H3/q-1. The molecule has 1 aromatic carbocycles. The van der Waals surface area contributed by atoms with Crippen molar-refractivity contribution in [1.29, 1.82) is 0 Å². The molecule has 106 valence electrons. The van der Waals surface area contributed by atoms with E-state index in [-0.39, 0.29) is 16.8 Å². The van der Waals surface area contributed by atoms with E-state index in [1.807, 2.05) is 27.7 Å². The lowest BCUT2D eigenvalue weighted by atomic mass is 9.83. The summed E-state index contributed by atoms with van der Waals surface area (Å²) in [7, 11) is 0. The van der Waals surface area contributed by atoms with Gasteiger partial charge in [0.15, 0.2) is 0 Å². The van der Waals surface area contributed by atoms with E-state index in [4.69, 9.17) is 5.21 Å². The van der Waals surface area contributed by atoms with Crippen LogP contribution in [0, 0.1) is 5.21 Å². The molecule has 1 N–H and O–H groups in total. The molecule has 0 bridgehead atoms. The summed E-state index contributed by atoms with van der Waals surface area (Å²) in [4.78, 5) is 14.2. The molecule has 1 rings (SSSR count). The molecule has 0 unspecified atom stereocenters. The molecule has 0 aliphatic heterocycles. The fraction of sp³-hybridized carbons (Fsp3) is 0.500. The van der Waals surface area contributed by atoms with Crippen LogP contribution in [0.2, 0.25) is 0 Å². The molecule has 0 aliphatic carbocycles. The van der Waals surface area contributed by atoms with E-state index in [9.17, 15) is 10.0 Å². The molecule has 1 amide bonds. The molecule has 0 aromatic heterocycles. The third kappa shape index (κ3) is 3.24. The molecule has 5 nitrogen and oxygen atoms in total. The number of amides is 1. The Kier molecular flexibility index (Phi) is 4.91. The first-order chi connectivity index (χ1) is 8.84. The highest BCUT2D eigenvalue weighted by molar-refractivity contribution is 5.87. The van der Waals surface area contributed by atoms with E-state index in [1.165, 1.54) is 12.1 Å². The van der Waals surface area contributed by atoms with Gasteiger partial charge in [-0.25, -0.2) is 0 Å². The van der Waals surface area contributed by atoms with Crippen LogP contribution >= 0.6 is 0 Å². The van der Waals surface area contributed by atoms with E-state index in [1.54, 1.807) is 17.0 Å². The van der Waals surface area contributed by atoms with Gasteiger partial charge in [-0.2, -0.15) is 0 Å². The first-order valence-corrected chi connectivity index (χ1v) is 6.40. The van der Waals surface area contributed by atoms with Crippen molar-refractivity contribution in [2.45, 2.75) is 33.1 Å². The lowest BCUT2D eigenvalue weighted by Crippen LogP contribution is -2.43. The van der Waals surface area contributed by atoms with Crippen molar-refractivity contribution in [3.05, 3.63) is 35.0 Å². The molecule has 5 heteroatoms. The molecule has 0 spiro atoms. The smallest absolute Gasteiger partial charge is 0.232 e. The predicted molar refractivity (Wildman–Crippen MR) is 75.0 cm³/mol. The summed E-state index contributed by atoms with van der Waals surface area (Å²) in [5.41, 5.74) is 0.304. The van der Waals surface area contributed by atoms with Crippen molar-refractivity contribution in [2.75, 3.05) is 18.3 Å². The average molecular weight is 265 g/mol. The number of carbonyl (C=O) groups is 1. The molecule has 0 atom stereocenters. The van der Waals surface area contributed by atoms with Gasteiger partial charge in [-0.1, -0.05) is 12.1 Å². The van der Waals surface area contributed by atoms with Crippen molar-refractivity contribution in [3.8, 4) is 0 Å². The Morgan fingerprint density at radius 3 is 2.05 bits per heavy atom. The Morgan fingerprint density at radius 2 is 1.68 bits per heavy atom. The number of benzene rings is 1. The first-order valence-electron chi connectivity index (χ1n) is 6.40. The van der Waals surface area contributed by atoms with Crippen molar-refractivity contribution >= 4 is 11.6 Å². The van der Waals surface area contributed by atoms with Crippen LogP contribution in [0.3, 0.4) is 0 Å². The molecule has 0 radical (unpaired) electrons. The summed E-state index contributed by atoms with van der Waals surface area (Å²) in [6, 6.07) is 6.38. The number of anilines is 1. The van der Waals surface area contributed by atoms with Crippen LogP contribution in [0.15, 0.2) is 24.3 Å². The first kappa shape index (κ1) is 15.5. The molecular formula is C14H21N2O3-. The lowest BCUT2D eigenvalue weighted by molar-refractivity contribution is -0.135. The minimum atomic E-state index is -0.659. The zero-order chi connectivity index (χ0) is 14.6. The summed E-state index contributed by atoms with van der Waals surface area (Å²) in [6.45, 7) is 8.94. The lowest BCUT2D eigenvalue weighted by Gasteiger charge is -2.31. The molecule has 0 heterocycles. The molecule has 0 saturated heterocycles. The topological polar surface area (TPSA) is 66.8 Å². The zero-order valence-corrected chi connectivity index (χ0v) is 11.9. The van der Waals surface area contributed by atoms with Gasteiger partial charge in [0.1, 0.15) is 0 Å². The zero-order valence-electron chi connectivity index (χ0n) is 11.9. The van der Waals surface area contributed by atoms with Crippen molar-refractivity contribution in [2.24, 2.45) is 0 Å². The van der Waals surface area contributed by atoms with E-state index in [2.05, 4.69) is 0 Å². The normalized spacial score (nSPS) is 11.3. The second kappa shape index (κ2) is 6.04. The maximum atomic E-state index is 12.5. The molecule has 0 aliphatic rings. The van der Waals surface area contributed by atoms with E-state index >= 15 is 0 Å². The molecular weight excluding hydrogens is 244 g/mol. The van der Waals surface area contributed by atoms with Crippen LogP contribution in [0.5, 0.6) is 0 Å². The number of nitrogens with zero attached hydrogens (tertiary/aromatic N) is 2. The van der Waals surface area contributed by atoms with Gasteiger partial charge in [0, 0.05) is 13.1 Å². The second-order valence-electron chi connectivity index (χ2n) is 4.92. The van der Waals surface area contributed by atoms with Gasteiger partial charge < -0.3 is 15.3 Å². The summed E-state index contributed by atoms with van der Waals surface area (Å²) in [6.07, 6.45) is 0. The number of rotatable bonds is 5. The van der Waals surface area contributed by atoms with Gasteiger partial charge in [0.05, 0.1) is 11.1 Å². The number of likely N-dealkylation sites (N-methyl/N-ethyl adjacent to an activating group) is 1. The Balaban J connectivity index is 3.02. The van der Waals surface area contributed by atoms with Gasteiger partial charge in [-0.15, -0.1) is 0 Å². The predicted octanol–water partition coefficient (Wildman–Crippen LogP) is 2.53. The molecule has 19 heavy (non-hydrogen) atoms. The largest absolute Gasteiger partial charge is 0.733 e. The fourth-order valence-electron chi connectivity index (χ4n) is 2.04. The van der Waals surface area contributed by atoms with Crippen LogP contribution in [-0.4, -0.2) is 29.1 Å². The Bertz CT molecular complexity index is 423. The van der Waals surface area contributed by atoms with Gasteiger partial charge >= 0.3 is 0 Å². The van der Waals surface area contributed by atoms with Gasteiger partial charge in [0.2, 0.25) is 5.91 Å². The van der Waals surface area contributed by atoms with Crippen LogP contribution in [0.25, 0.3) is 0 Å². The van der Waals surface area contributed by atoms with Crippen LogP contribution in [-0.2, 0) is 10.2 Å². The average Bonchev–Trinajstić information content (AvgIpc) is 2.40. The van der Waals surface area contributed by atoms with E-state index in [0.29, 0.717) is 13.1 Å². The Labute approximate surface area is 114 Å².